The average Bonchev–Trinajstić information content (AvgIpc) is 2.73. The van der Waals surface area contributed by atoms with E-state index in [1.807, 2.05) is 30.3 Å². The second-order valence-corrected chi connectivity index (χ2v) is 7.33. The van der Waals surface area contributed by atoms with E-state index in [4.69, 9.17) is 0 Å². The largest absolute Gasteiger partial charge is 0.326 e. The summed E-state index contributed by atoms with van der Waals surface area (Å²) >= 11 is 1.38. The first-order chi connectivity index (χ1) is 14.0. The molecule has 0 aliphatic carbocycles. The number of nitrogens with one attached hydrogen (secondary N) is 2. The second-order valence-electron chi connectivity index (χ2n) is 6.28. The van der Waals surface area contributed by atoms with Crippen LogP contribution in [0.15, 0.2) is 83.8 Å². The average molecular weight is 404 g/mol. The molecule has 0 aromatic heterocycles. The summed E-state index contributed by atoms with van der Waals surface area (Å²) in [5.41, 5.74) is 2.23. The van der Waals surface area contributed by atoms with Crippen molar-refractivity contribution in [2.75, 3.05) is 16.4 Å². The van der Waals surface area contributed by atoms with E-state index < -0.39 is 0 Å². The minimum Gasteiger partial charge on any atom is -0.326 e. The van der Waals surface area contributed by atoms with E-state index >= 15 is 0 Å². The van der Waals surface area contributed by atoms with Gasteiger partial charge in [-0.15, -0.1) is 11.8 Å². The van der Waals surface area contributed by atoms with Gasteiger partial charge in [-0.25, -0.2) is 0 Å². The molecule has 0 bridgehead atoms. The van der Waals surface area contributed by atoms with E-state index in [-0.39, 0.29) is 23.4 Å². The smallest absolute Gasteiger partial charge is 0.234 e. The van der Waals surface area contributed by atoms with Gasteiger partial charge in [0, 0.05) is 28.6 Å². The normalized spacial score (nSPS) is 10.2. The number of anilines is 2. The highest BCUT2D eigenvalue weighted by molar-refractivity contribution is 8.00. The van der Waals surface area contributed by atoms with Gasteiger partial charge in [-0.05, 0) is 36.4 Å². The van der Waals surface area contributed by atoms with E-state index in [1.165, 1.54) is 18.7 Å². The summed E-state index contributed by atoms with van der Waals surface area (Å²) in [4.78, 5) is 37.1. The van der Waals surface area contributed by atoms with Crippen molar-refractivity contribution in [2.24, 2.45) is 0 Å². The van der Waals surface area contributed by atoms with Crippen LogP contribution in [0.3, 0.4) is 0 Å². The zero-order valence-corrected chi connectivity index (χ0v) is 16.7. The maximum Gasteiger partial charge on any atom is 0.234 e. The quantitative estimate of drug-likeness (QED) is 0.446. The zero-order chi connectivity index (χ0) is 20.6. The fourth-order valence-electron chi connectivity index (χ4n) is 2.71. The molecule has 29 heavy (non-hydrogen) atoms. The number of para-hydroxylation sites is 1. The van der Waals surface area contributed by atoms with Crippen LogP contribution in [0.1, 0.15) is 22.8 Å². The minimum atomic E-state index is -0.200. The number of carbonyl (C=O) groups excluding carboxylic acids is 3. The van der Waals surface area contributed by atoms with Crippen molar-refractivity contribution < 1.29 is 14.4 Å². The molecule has 0 atom stereocenters. The number of benzene rings is 3. The van der Waals surface area contributed by atoms with E-state index in [2.05, 4.69) is 10.6 Å². The maximum atomic E-state index is 12.7. The van der Waals surface area contributed by atoms with Gasteiger partial charge in [0.25, 0.3) is 0 Å². The molecule has 3 aromatic carbocycles. The van der Waals surface area contributed by atoms with Crippen molar-refractivity contribution >= 4 is 40.7 Å². The molecule has 5 nitrogen and oxygen atoms in total. The summed E-state index contributed by atoms with van der Waals surface area (Å²) in [7, 11) is 0. The van der Waals surface area contributed by atoms with Gasteiger partial charge >= 0.3 is 0 Å². The molecule has 6 heteroatoms. The number of hydrogen-bond acceptors (Lipinski definition) is 4. The summed E-state index contributed by atoms with van der Waals surface area (Å²) in [5, 5.41) is 5.53. The predicted octanol–water partition coefficient (Wildman–Crippen LogP) is 4.61. The molecule has 0 unspecified atom stereocenters. The number of amides is 2. The molecule has 0 fully saturated rings. The highest BCUT2D eigenvalue weighted by Gasteiger charge is 2.14. The third-order valence-corrected chi connectivity index (χ3v) is 5.04. The molecule has 0 aliphatic heterocycles. The molecule has 0 aliphatic rings. The first-order valence-corrected chi connectivity index (χ1v) is 10.0. The van der Waals surface area contributed by atoms with Crippen molar-refractivity contribution in [2.45, 2.75) is 11.8 Å². The lowest BCUT2D eigenvalue weighted by atomic mass is 10.0. The third-order valence-electron chi connectivity index (χ3n) is 4.03. The first-order valence-electron chi connectivity index (χ1n) is 9.02. The molecule has 2 N–H and O–H groups in total. The number of hydrogen-bond donors (Lipinski definition) is 2. The Balaban J connectivity index is 1.62. The Kier molecular flexibility index (Phi) is 6.81. The van der Waals surface area contributed by atoms with Crippen LogP contribution in [0.5, 0.6) is 0 Å². The topological polar surface area (TPSA) is 75.3 Å². The van der Waals surface area contributed by atoms with Crippen LogP contribution in [0.25, 0.3) is 0 Å². The van der Waals surface area contributed by atoms with Gasteiger partial charge < -0.3 is 10.6 Å². The van der Waals surface area contributed by atoms with Crippen LogP contribution in [-0.4, -0.2) is 23.4 Å². The summed E-state index contributed by atoms with van der Waals surface area (Å²) in [6.07, 6.45) is 0. The fourth-order valence-corrected chi connectivity index (χ4v) is 3.41. The molecular weight excluding hydrogens is 384 g/mol. The SMILES string of the molecule is CC(=O)Nc1ccc(SCC(=O)Nc2ccccc2C(=O)c2ccccc2)cc1. The van der Waals surface area contributed by atoms with Crippen molar-refractivity contribution in [3.8, 4) is 0 Å². The van der Waals surface area contributed by atoms with Crippen LogP contribution >= 0.6 is 11.8 Å². The van der Waals surface area contributed by atoms with Crippen LogP contribution < -0.4 is 10.6 Å². The van der Waals surface area contributed by atoms with Gasteiger partial charge in [0.15, 0.2) is 5.78 Å². The standard InChI is InChI=1S/C23H20N2O3S/c1-16(26)24-18-11-13-19(14-12-18)29-15-22(27)25-21-10-6-5-9-20(21)23(28)17-7-3-2-4-8-17/h2-14H,15H2,1H3,(H,24,26)(H,25,27). The van der Waals surface area contributed by atoms with Gasteiger partial charge in [0.05, 0.1) is 11.4 Å². The Bertz CT molecular complexity index is 1020. The van der Waals surface area contributed by atoms with Crippen LogP contribution in [0, 0.1) is 0 Å². The molecule has 0 radical (unpaired) electrons. The Hall–Kier alpha value is -3.38. The van der Waals surface area contributed by atoms with Crippen molar-refractivity contribution in [3.63, 3.8) is 0 Å². The van der Waals surface area contributed by atoms with E-state index in [9.17, 15) is 14.4 Å². The molecule has 3 aromatic rings. The maximum absolute atomic E-state index is 12.7. The number of ketones is 1. The van der Waals surface area contributed by atoms with Gasteiger partial charge in [0.2, 0.25) is 11.8 Å². The van der Waals surface area contributed by atoms with Gasteiger partial charge in [-0.3, -0.25) is 14.4 Å². The molecule has 2 amide bonds. The van der Waals surface area contributed by atoms with Crippen molar-refractivity contribution in [1.29, 1.82) is 0 Å². The lowest BCUT2D eigenvalue weighted by Crippen LogP contribution is -2.16. The summed E-state index contributed by atoms with van der Waals surface area (Å²) < 4.78 is 0. The van der Waals surface area contributed by atoms with Gasteiger partial charge in [-0.1, -0.05) is 42.5 Å². The van der Waals surface area contributed by atoms with Crippen molar-refractivity contribution in [1.82, 2.24) is 0 Å². The molecule has 146 valence electrons. The monoisotopic (exact) mass is 404 g/mol. The number of thioether (sulfide) groups is 1. The molecule has 0 saturated heterocycles. The molecular formula is C23H20N2O3S. The fraction of sp³-hybridized carbons (Fsp3) is 0.0870. The first kappa shape index (κ1) is 20.4. The Morgan fingerprint density at radius 1 is 0.793 bits per heavy atom. The summed E-state index contributed by atoms with van der Waals surface area (Å²) in [6.45, 7) is 1.45. The lowest BCUT2D eigenvalue weighted by molar-refractivity contribution is -0.114. The lowest BCUT2D eigenvalue weighted by Gasteiger charge is -2.10. The van der Waals surface area contributed by atoms with E-state index in [0.717, 1.165) is 4.90 Å². The Morgan fingerprint density at radius 3 is 2.14 bits per heavy atom. The predicted molar refractivity (Wildman–Crippen MR) is 116 cm³/mol. The van der Waals surface area contributed by atoms with E-state index in [0.29, 0.717) is 22.5 Å². The van der Waals surface area contributed by atoms with Gasteiger partial charge in [0.1, 0.15) is 0 Å². The van der Waals surface area contributed by atoms with Crippen molar-refractivity contribution in [3.05, 3.63) is 90.0 Å². The second kappa shape index (κ2) is 9.71. The number of rotatable bonds is 7. The van der Waals surface area contributed by atoms with Crippen LogP contribution in [0.2, 0.25) is 0 Å². The van der Waals surface area contributed by atoms with Gasteiger partial charge in [-0.2, -0.15) is 0 Å². The minimum absolute atomic E-state index is 0.131. The molecule has 0 saturated carbocycles. The summed E-state index contributed by atoms with van der Waals surface area (Å²) in [5.74, 6) is -0.265. The highest BCUT2D eigenvalue weighted by Crippen LogP contribution is 2.22. The molecule has 0 heterocycles. The number of carbonyl (C=O) groups is 3. The molecule has 0 spiro atoms. The Morgan fingerprint density at radius 2 is 1.45 bits per heavy atom. The molecule has 3 rings (SSSR count). The van der Waals surface area contributed by atoms with E-state index in [1.54, 1.807) is 48.5 Å². The zero-order valence-electron chi connectivity index (χ0n) is 15.8. The summed E-state index contributed by atoms with van der Waals surface area (Å²) in [6, 6.07) is 23.2. The Labute approximate surface area is 173 Å². The van der Waals surface area contributed by atoms with Crippen LogP contribution in [-0.2, 0) is 9.59 Å². The highest BCUT2D eigenvalue weighted by atomic mass is 32.2. The third kappa shape index (κ3) is 5.80. The van der Waals surface area contributed by atoms with Crippen LogP contribution in [0.4, 0.5) is 11.4 Å².